The second-order valence-electron chi connectivity index (χ2n) is 2.95. The van der Waals surface area contributed by atoms with Crippen molar-refractivity contribution in [1.29, 1.82) is 0 Å². The molecule has 66 valence electrons. The van der Waals surface area contributed by atoms with Crippen molar-refractivity contribution < 1.29 is 4.79 Å². The fourth-order valence-corrected chi connectivity index (χ4v) is 1.38. The quantitative estimate of drug-likeness (QED) is 0.635. The molecule has 0 aromatic heterocycles. The van der Waals surface area contributed by atoms with E-state index in [1.807, 2.05) is 29.3 Å². The van der Waals surface area contributed by atoms with Gasteiger partial charge in [-0.05, 0) is 24.3 Å². The highest BCUT2D eigenvalue weighted by atomic mass is 16.1. The maximum absolute atomic E-state index is 10.9. The van der Waals surface area contributed by atoms with E-state index in [0.29, 0.717) is 5.57 Å². The maximum Gasteiger partial charge on any atom is 0.248 e. The molecular formula is C10H10N2O. The minimum atomic E-state index is -0.390. The number of nitrogens with zero attached hydrogens (tertiary/aromatic N) is 1. The van der Waals surface area contributed by atoms with Crippen LogP contribution < -0.4 is 5.73 Å². The molecule has 0 atom stereocenters. The summed E-state index contributed by atoms with van der Waals surface area (Å²) in [4.78, 5) is 13.0. The number of allylic oxidation sites excluding steroid dienone is 3. The average Bonchev–Trinajstić information content (AvgIpc) is 2.42. The van der Waals surface area contributed by atoms with Gasteiger partial charge in [-0.3, -0.25) is 4.79 Å². The average molecular weight is 174 g/mol. The standard InChI is InChI=1S/C10H10N2O/c11-10(13)8-3-1-5-12-6-2-4-9(12)7-8/h1-5,7H,6H2,(H2,11,13). The number of amides is 1. The summed E-state index contributed by atoms with van der Waals surface area (Å²) in [7, 11) is 0. The summed E-state index contributed by atoms with van der Waals surface area (Å²) in [5.41, 5.74) is 6.75. The first kappa shape index (κ1) is 7.86. The molecule has 2 rings (SSSR count). The van der Waals surface area contributed by atoms with Crippen LogP contribution in [0.2, 0.25) is 0 Å². The molecule has 0 aromatic carbocycles. The van der Waals surface area contributed by atoms with E-state index in [1.54, 1.807) is 12.2 Å². The third-order valence-corrected chi connectivity index (χ3v) is 2.05. The first-order valence-corrected chi connectivity index (χ1v) is 4.10. The Labute approximate surface area is 76.5 Å². The first-order valence-electron chi connectivity index (χ1n) is 4.10. The predicted octanol–water partition coefficient (Wildman–Crippen LogP) is 0.681. The van der Waals surface area contributed by atoms with Crippen LogP contribution >= 0.6 is 0 Å². The van der Waals surface area contributed by atoms with Crippen LogP contribution in [0.25, 0.3) is 0 Å². The molecule has 0 spiro atoms. The molecule has 3 heteroatoms. The fraction of sp³-hybridized carbons (Fsp3) is 0.100. The van der Waals surface area contributed by atoms with Gasteiger partial charge in [0.25, 0.3) is 0 Å². The summed E-state index contributed by atoms with van der Waals surface area (Å²) >= 11 is 0. The number of carbonyl (C=O) groups is 1. The van der Waals surface area contributed by atoms with Crippen LogP contribution in [0.4, 0.5) is 0 Å². The molecule has 0 saturated carbocycles. The van der Waals surface area contributed by atoms with Crippen LogP contribution in [0.3, 0.4) is 0 Å². The molecule has 0 aromatic rings. The maximum atomic E-state index is 10.9. The molecule has 0 radical (unpaired) electrons. The van der Waals surface area contributed by atoms with Crippen molar-refractivity contribution in [2.45, 2.75) is 0 Å². The van der Waals surface area contributed by atoms with E-state index in [2.05, 4.69) is 0 Å². The van der Waals surface area contributed by atoms with E-state index in [4.69, 9.17) is 5.73 Å². The van der Waals surface area contributed by atoms with Gasteiger partial charge in [0.05, 0.1) is 0 Å². The van der Waals surface area contributed by atoms with E-state index in [1.165, 1.54) is 0 Å². The number of fused-ring (bicyclic) bond motifs is 1. The van der Waals surface area contributed by atoms with Gasteiger partial charge in [-0.1, -0.05) is 6.08 Å². The SMILES string of the molecule is NC(=O)C1=CC=CN2CC=CC2=C1. The zero-order valence-corrected chi connectivity index (χ0v) is 7.10. The zero-order valence-electron chi connectivity index (χ0n) is 7.10. The number of nitrogens with two attached hydrogens (primary N) is 1. The van der Waals surface area contributed by atoms with E-state index < -0.39 is 0 Å². The van der Waals surface area contributed by atoms with Crippen LogP contribution in [-0.2, 0) is 4.79 Å². The molecule has 13 heavy (non-hydrogen) atoms. The molecule has 2 aliphatic heterocycles. The van der Waals surface area contributed by atoms with Crippen molar-refractivity contribution in [3.8, 4) is 0 Å². The summed E-state index contributed by atoms with van der Waals surface area (Å²) in [5.74, 6) is -0.390. The summed E-state index contributed by atoms with van der Waals surface area (Å²) in [6, 6.07) is 0. The number of rotatable bonds is 1. The van der Waals surface area contributed by atoms with Gasteiger partial charge < -0.3 is 10.6 Å². The van der Waals surface area contributed by atoms with Crippen LogP contribution in [0.15, 0.2) is 47.9 Å². The molecule has 0 saturated heterocycles. The highest BCUT2D eigenvalue weighted by Crippen LogP contribution is 2.18. The third kappa shape index (κ3) is 1.40. The van der Waals surface area contributed by atoms with Crippen LogP contribution in [-0.4, -0.2) is 17.4 Å². The Morgan fingerprint density at radius 3 is 3.15 bits per heavy atom. The second kappa shape index (κ2) is 2.94. The summed E-state index contributed by atoms with van der Waals surface area (Å²) < 4.78 is 0. The number of hydrogen-bond acceptors (Lipinski definition) is 2. The first-order chi connectivity index (χ1) is 6.27. The molecular weight excluding hydrogens is 164 g/mol. The smallest absolute Gasteiger partial charge is 0.248 e. The van der Waals surface area contributed by atoms with Gasteiger partial charge >= 0.3 is 0 Å². The lowest BCUT2D eigenvalue weighted by Gasteiger charge is -2.12. The van der Waals surface area contributed by atoms with Crippen molar-refractivity contribution >= 4 is 5.91 Å². The Kier molecular flexibility index (Phi) is 1.77. The van der Waals surface area contributed by atoms with Gasteiger partial charge in [0.15, 0.2) is 0 Å². The van der Waals surface area contributed by atoms with E-state index in [-0.39, 0.29) is 5.91 Å². The van der Waals surface area contributed by atoms with Crippen LogP contribution in [0.5, 0.6) is 0 Å². The molecule has 0 bridgehead atoms. The molecule has 2 N–H and O–H groups in total. The topological polar surface area (TPSA) is 46.3 Å². The summed E-state index contributed by atoms with van der Waals surface area (Å²) in [6.45, 7) is 0.863. The van der Waals surface area contributed by atoms with Gasteiger partial charge in [0, 0.05) is 24.0 Å². The monoisotopic (exact) mass is 174 g/mol. The largest absolute Gasteiger partial charge is 0.366 e. The number of carbonyl (C=O) groups excluding carboxylic acids is 1. The molecule has 2 heterocycles. The molecule has 0 fully saturated rings. The molecule has 0 unspecified atom stereocenters. The lowest BCUT2D eigenvalue weighted by atomic mass is 10.2. The van der Waals surface area contributed by atoms with Crippen LogP contribution in [0.1, 0.15) is 0 Å². The van der Waals surface area contributed by atoms with E-state index in [0.717, 1.165) is 12.2 Å². The van der Waals surface area contributed by atoms with Crippen molar-refractivity contribution in [2.75, 3.05) is 6.54 Å². The number of hydrogen-bond donors (Lipinski definition) is 1. The summed E-state index contributed by atoms with van der Waals surface area (Å²) in [5, 5.41) is 0. The number of primary amides is 1. The highest BCUT2D eigenvalue weighted by Gasteiger charge is 2.12. The van der Waals surface area contributed by atoms with Gasteiger partial charge in [-0.2, -0.15) is 0 Å². The zero-order chi connectivity index (χ0) is 9.26. The van der Waals surface area contributed by atoms with E-state index >= 15 is 0 Å². The Balaban J connectivity index is 2.38. The van der Waals surface area contributed by atoms with Gasteiger partial charge in [-0.25, -0.2) is 0 Å². The Morgan fingerprint density at radius 2 is 2.38 bits per heavy atom. The van der Waals surface area contributed by atoms with Crippen molar-refractivity contribution in [3.05, 3.63) is 47.9 Å². The molecule has 0 aliphatic carbocycles. The second-order valence-corrected chi connectivity index (χ2v) is 2.95. The van der Waals surface area contributed by atoms with Crippen molar-refractivity contribution in [1.82, 2.24) is 4.90 Å². The van der Waals surface area contributed by atoms with Gasteiger partial charge in [-0.15, -0.1) is 0 Å². The lowest BCUT2D eigenvalue weighted by Crippen LogP contribution is -2.14. The Hall–Kier alpha value is -1.77. The lowest BCUT2D eigenvalue weighted by molar-refractivity contribution is -0.114. The minimum Gasteiger partial charge on any atom is -0.366 e. The summed E-state index contributed by atoms with van der Waals surface area (Å²) in [6.07, 6.45) is 11.3. The van der Waals surface area contributed by atoms with Gasteiger partial charge in [0.1, 0.15) is 0 Å². The highest BCUT2D eigenvalue weighted by molar-refractivity contribution is 5.95. The third-order valence-electron chi connectivity index (χ3n) is 2.05. The molecule has 2 aliphatic rings. The van der Waals surface area contributed by atoms with Crippen molar-refractivity contribution in [2.24, 2.45) is 5.73 Å². The Morgan fingerprint density at radius 1 is 1.54 bits per heavy atom. The Bertz CT molecular complexity index is 361. The normalized spacial score (nSPS) is 19.2. The molecule has 1 amide bonds. The van der Waals surface area contributed by atoms with E-state index in [9.17, 15) is 4.79 Å². The van der Waals surface area contributed by atoms with Gasteiger partial charge in [0.2, 0.25) is 5.91 Å². The predicted molar refractivity (Wildman–Crippen MR) is 50.3 cm³/mol. The van der Waals surface area contributed by atoms with Crippen molar-refractivity contribution in [3.63, 3.8) is 0 Å². The van der Waals surface area contributed by atoms with Crippen LogP contribution in [0, 0.1) is 0 Å². The fourth-order valence-electron chi connectivity index (χ4n) is 1.38. The molecule has 3 nitrogen and oxygen atoms in total. The minimum absolute atomic E-state index is 0.390.